The molecule has 12 nitrogen and oxygen atoms in total. The molecule has 0 bridgehead atoms. The molecular weight excluding hydrogens is 635 g/mol. The van der Waals surface area contributed by atoms with Gasteiger partial charge in [-0.25, -0.2) is 14.2 Å². The first-order valence-electron chi connectivity index (χ1n) is 15.4. The molecule has 0 saturated heterocycles. The Kier molecular flexibility index (Phi) is 12.6. The van der Waals surface area contributed by atoms with Crippen molar-refractivity contribution in [3.05, 3.63) is 106 Å². The predicted octanol–water partition coefficient (Wildman–Crippen LogP) is 4.36. The lowest BCUT2D eigenvalue weighted by molar-refractivity contribution is 0.0953. The van der Waals surface area contributed by atoms with Gasteiger partial charge in [0.15, 0.2) is 11.8 Å². The summed E-state index contributed by atoms with van der Waals surface area (Å²) in [6.07, 6.45) is 6.38. The number of nitrogens with zero attached hydrogens (tertiary/aromatic N) is 4. The van der Waals surface area contributed by atoms with Crippen molar-refractivity contribution in [2.24, 2.45) is 22.2 Å². The molecule has 5 rings (SSSR count). The van der Waals surface area contributed by atoms with Crippen molar-refractivity contribution < 1.29 is 9.18 Å². The largest absolute Gasteiger partial charge is 0.373 e. The first-order chi connectivity index (χ1) is 23.0. The van der Waals surface area contributed by atoms with Crippen LogP contribution in [0.1, 0.15) is 42.1 Å². The van der Waals surface area contributed by atoms with Gasteiger partial charge in [0.25, 0.3) is 5.91 Å². The molecule has 1 amide bonds. The Balaban J connectivity index is 0.000000569. The lowest BCUT2D eigenvalue weighted by Crippen LogP contribution is -2.26. The molecule has 0 spiro atoms. The second kappa shape index (κ2) is 17.0. The number of carbonyl (C=O) groups excluding carboxylic acids is 1. The van der Waals surface area contributed by atoms with Gasteiger partial charge in [0.05, 0.1) is 16.4 Å². The number of anilines is 1. The third kappa shape index (κ3) is 9.86. The number of benzene rings is 2. The van der Waals surface area contributed by atoms with Crippen LogP contribution in [0, 0.1) is 5.82 Å². The summed E-state index contributed by atoms with van der Waals surface area (Å²) in [4.78, 5) is 40.3. The topological polar surface area (TPSA) is 195 Å². The Morgan fingerprint density at radius 2 is 1.90 bits per heavy atom. The predicted molar refractivity (Wildman–Crippen MR) is 190 cm³/mol. The van der Waals surface area contributed by atoms with Crippen LogP contribution in [0.15, 0.2) is 82.8 Å². The normalized spacial score (nSPS) is 11.4. The van der Waals surface area contributed by atoms with Gasteiger partial charge in [0, 0.05) is 55.1 Å². The zero-order valence-corrected chi connectivity index (χ0v) is 27.6. The van der Waals surface area contributed by atoms with Crippen molar-refractivity contribution in [1.29, 1.82) is 0 Å². The number of carbonyl (C=O) groups is 1. The molecule has 2 aromatic carbocycles. The fourth-order valence-electron chi connectivity index (χ4n) is 4.81. The van der Waals surface area contributed by atoms with Gasteiger partial charge in [-0.2, -0.15) is 4.98 Å². The first kappa shape index (κ1) is 35.6. The monoisotopic (exact) mass is 674 g/mol. The van der Waals surface area contributed by atoms with Gasteiger partial charge in [-0.3, -0.25) is 14.4 Å². The summed E-state index contributed by atoms with van der Waals surface area (Å²) in [6.45, 7) is 2.78. The molecule has 3 aromatic heterocycles. The van der Waals surface area contributed by atoms with E-state index in [2.05, 4.69) is 30.6 Å². The molecule has 0 aliphatic rings. The van der Waals surface area contributed by atoms with E-state index < -0.39 is 11.5 Å². The highest BCUT2D eigenvalue weighted by atomic mass is 35.5. The number of hydrogen-bond donors (Lipinski definition) is 6. The van der Waals surface area contributed by atoms with Crippen LogP contribution in [-0.4, -0.2) is 57.6 Å². The highest BCUT2D eigenvalue weighted by molar-refractivity contribution is 6.31. The van der Waals surface area contributed by atoms with Gasteiger partial charge in [-0.05, 0) is 92.8 Å². The number of pyridine rings is 1. The van der Waals surface area contributed by atoms with Crippen molar-refractivity contribution in [3.8, 4) is 16.9 Å². The van der Waals surface area contributed by atoms with Crippen LogP contribution in [0.3, 0.4) is 0 Å². The number of halogens is 2. The van der Waals surface area contributed by atoms with Crippen LogP contribution in [0.25, 0.3) is 28.0 Å². The lowest BCUT2D eigenvalue weighted by atomic mass is 10.0. The van der Waals surface area contributed by atoms with Crippen LogP contribution in [0.5, 0.6) is 0 Å². The molecule has 1 atom stereocenters. The number of hydrogen-bond acceptors (Lipinski definition) is 7. The molecule has 0 saturated carbocycles. The number of guanidine groups is 1. The van der Waals surface area contributed by atoms with E-state index in [0.717, 1.165) is 24.2 Å². The molecule has 0 aliphatic carbocycles. The Labute approximate surface area is 282 Å². The van der Waals surface area contributed by atoms with E-state index in [1.807, 2.05) is 32.2 Å². The molecule has 0 aliphatic heterocycles. The zero-order chi connectivity index (χ0) is 34.6. The standard InChI is InChI=1S/C28H32ClFN8O2.C6H8N2/c1-16(31)4-2-5-17-12-21(24(30)22(29)13-17)23-14-19-15-38(28(40)37-25(19)36-23)20-8-6-18(7-9-20)26(39)34-10-3-11-35-27(32)33;1-7-6-4-2-3-5-8-6/h6-9,12-16H,2-5,10-11,31H2,1H3,(H,34,39)(H4,32,33,35)(H,36,37,40);2-5H,1H3,(H,7,8). The van der Waals surface area contributed by atoms with Crippen molar-refractivity contribution in [1.82, 2.24) is 24.8 Å². The summed E-state index contributed by atoms with van der Waals surface area (Å²) < 4.78 is 16.4. The number of aromatic amines is 1. The molecular formula is C34H40ClFN10O2. The van der Waals surface area contributed by atoms with Crippen molar-refractivity contribution in [2.45, 2.75) is 38.6 Å². The minimum absolute atomic E-state index is 0.00947. The molecule has 14 heteroatoms. The van der Waals surface area contributed by atoms with E-state index in [1.165, 1.54) is 4.57 Å². The Hall–Kier alpha value is -5.27. The molecule has 9 N–H and O–H groups in total. The summed E-state index contributed by atoms with van der Waals surface area (Å²) in [6, 6.07) is 17.5. The molecule has 3 heterocycles. The average Bonchev–Trinajstić information content (AvgIpc) is 3.48. The number of amides is 1. The van der Waals surface area contributed by atoms with Gasteiger partial charge in [-0.1, -0.05) is 17.7 Å². The van der Waals surface area contributed by atoms with Crippen LogP contribution in [-0.2, 0) is 6.42 Å². The third-order valence-electron chi connectivity index (χ3n) is 7.25. The second-order valence-corrected chi connectivity index (χ2v) is 11.5. The van der Waals surface area contributed by atoms with Crippen LogP contribution >= 0.6 is 11.6 Å². The highest BCUT2D eigenvalue weighted by Gasteiger charge is 2.16. The van der Waals surface area contributed by atoms with E-state index in [-0.39, 0.29) is 22.9 Å². The second-order valence-electron chi connectivity index (χ2n) is 11.1. The zero-order valence-electron chi connectivity index (χ0n) is 26.8. The molecule has 5 aromatic rings. The Morgan fingerprint density at radius 1 is 1.12 bits per heavy atom. The maximum Gasteiger partial charge on any atom is 0.354 e. The smallest absolute Gasteiger partial charge is 0.354 e. The molecule has 1 unspecified atom stereocenters. The summed E-state index contributed by atoms with van der Waals surface area (Å²) >= 11 is 6.20. The fraction of sp³-hybridized carbons (Fsp3) is 0.265. The van der Waals surface area contributed by atoms with Gasteiger partial charge >= 0.3 is 5.69 Å². The number of fused-ring (bicyclic) bond motifs is 1. The third-order valence-corrected chi connectivity index (χ3v) is 7.53. The molecule has 48 heavy (non-hydrogen) atoms. The van der Waals surface area contributed by atoms with E-state index in [0.29, 0.717) is 59.5 Å². The minimum Gasteiger partial charge on any atom is -0.373 e. The summed E-state index contributed by atoms with van der Waals surface area (Å²) in [5.74, 6) is 0.111. The number of rotatable bonds is 12. The van der Waals surface area contributed by atoms with Crippen molar-refractivity contribution in [3.63, 3.8) is 0 Å². The number of aliphatic imine (C=N–C) groups is 1. The van der Waals surface area contributed by atoms with E-state index in [4.69, 9.17) is 28.8 Å². The average molecular weight is 675 g/mol. The van der Waals surface area contributed by atoms with Gasteiger partial charge in [0.2, 0.25) is 0 Å². The van der Waals surface area contributed by atoms with E-state index >= 15 is 4.39 Å². The van der Waals surface area contributed by atoms with Crippen molar-refractivity contribution >= 4 is 40.3 Å². The minimum atomic E-state index is -0.551. The van der Waals surface area contributed by atoms with Crippen molar-refractivity contribution in [2.75, 3.05) is 25.5 Å². The summed E-state index contributed by atoms with van der Waals surface area (Å²) in [5, 5.41) is 6.34. The summed E-state index contributed by atoms with van der Waals surface area (Å²) in [5.41, 5.74) is 18.8. The van der Waals surface area contributed by atoms with Crippen LogP contribution < -0.4 is 33.5 Å². The maximum absolute atomic E-state index is 15.0. The number of nitrogens with one attached hydrogen (secondary N) is 3. The van der Waals surface area contributed by atoms with E-state index in [9.17, 15) is 9.59 Å². The first-order valence-corrected chi connectivity index (χ1v) is 15.8. The van der Waals surface area contributed by atoms with Crippen LogP contribution in [0.2, 0.25) is 5.02 Å². The number of aromatic nitrogens is 4. The summed E-state index contributed by atoms with van der Waals surface area (Å²) in [7, 11) is 1.85. The van der Waals surface area contributed by atoms with Gasteiger partial charge < -0.3 is 32.8 Å². The molecule has 0 radical (unpaired) electrons. The quantitative estimate of drug-likeness (QED) is 0.0638. The SMILES string of the molecule is CC(N)CCCc1cc(Cl)c(F)c(-c2cc3cn(-c4ccc(C(=O)NCCCN=C(N)N)cc4)c(=O)nc3[nH]2)c1.CNc1ccccn1. The van der Waals surface area contributed by atoms with Crippen LogP contribution in [0.4, 0.5) is 10.2 Å². The number of aryl methyl sites for hydroxylation is 1. The van der Waals surface area contributed by atoms with Gasteiger partial charge in [0.1, 0.15) is 11.5 Å². The van der Waals surface area contributed by atoms with Gasteiger partial charge in [-0.15, -0.1) is 0 Å². The maximum atomic E-state index is 15.0. The molecule has 0 fully saturated rings. The Bertz CT molecular complexity index is 1900. The highest BCUT2D eigenvalue weighted by Crippen LogP contribution is 2.31. The van der Waals surface area contributed by atoms with E-state index in [1.54, 1.807) is 54.9 Å². The Morgan fingerprint density at radius 3 is 2.54 bits per heavy atom. The fourth-order valence-corrected chi connectivity index (χ4v) is 5.06. The molecule has 252 valence electrons. The lowest BCUT2D eigenvalue weighted by Gasteiger charge is -2.09. The number of nitrogens with two attached hydrogens (primary N) is 3. The number of H-pyrrole nitrogens is 1.